The monoisotopic (exact) mass is 280 g/mol. The van der Waals surface area contributed by atoms with Crippen LogP contribution in [-0.2, 0) is 0 Å². The Hall–Kier alpha value is 1.79. The Morgan fingerprint density at radius 2 is 1.15 bits per heavy atom. The molecule has 0 aliphatic rings. The van der Waals surface area contributed by atoms with E-state index in [1.807, 2.05) is 0 Å². The van der Waals surface area contributed by atoms with Crippen molar-refractivity contribution in [3.8, 4) is 0 Å². The molecule has 46 valence electrons. The van der Waals surface area contributed by atoms with Gasteiger partial charge in [0.05, 0.1) is 0 Å². The fourth-order valence-electron chi connectivity index (χ4n) is 0.708. The first-order chi connectivity index (χ1) is 5.78. The minimum atomic E-state index is -1.58. The first-order valence-corrected chi connectivity index (χ1v) is 7.89. The Morgan fingerprint density at radius 3 is 1.31 bits per heavy atom. The second-order valence-corrected chi connectivity index (χ2v) is 9.58. The van der Waals surface area contributed by atoms with Crippen LogP contribution in [0.25, 0.3) is 0 Å². The minimum absolute atomic E-state index is 0.558. The Kier molecular flexibility index (Phi) is 7.27. The Morgan fingerprint density at radius 1 is 0.846 bits per heavy atom. The summed E-state index contributed by atoms with van der Waals surface area (Å²) in [4.78, 5) is 0. The van der Waals surface area contributed by atoms with Crippen molar-refractivity contribution < 1.29 is 0 Å². The molecule has 0 aliphatic heterocycles. The molecule has 13 heavy (non-hydrogen) atoms. The number of rotatable bonds is 3. The zero-order chi connectivity index (χ0) is 10.6. The Labute approximate surface area is 103 Å². The molecule has 0 saturated carbocycles. The van der Waals surface area contributed by atoms with Gasteiger partial charge in [-0.05, 0) is 0 Å². The van der Waals surface area contributed by atoms with E-state index < -0.39 is 24.4 Å². The molecule has 0 N–H and O–H groups in total. The summed E-state index contributed by atoms with van der Waals surface area (Å²) in [6, 6.07) is 3.37. The first-order valence-electron chi connectivity index (χ1n) is 3.53. The van der Waals surface area contributed by atoms with E-state index in [9.17, 15) is 0 Å². The number of hydrogen-bond donors (Lipinski definition) is 0. The molecule has 0 unspecified atom stereocenters. The molecule has 0 aromatic rings. The van der Waals surface area contributed by atoms with Gasteiger partial charge in [-0.3, -0.25) is 0 Å². The normalized spacial score (nSPS) is 9.62. The average Bonchev–Trinajstić information content (AvgIpc) is 1.82. The standard InChI is InChI=1S/B11IS/c1-9(2)7-13(12,11(5)6)8-10(3)4. The molecule has 0 aromatic carbocycles. The van der Waals surface area contributed by atoms with Crippen LogP contribution in [0.1, 0.15) is 0 Å². The van der Waals surface area contributed by atoms with Crippen molar-refractivity contribution in [1.29, 1.82) is 0 Å². The summed E-state index contributed by atoms with van der Waals surface area (Å²) in [5, 5.41) is 0. The summed E-state index contributed by atoms with van der Waals surface area (Å²) < 4.78 is 0. The van der Waals surface area contributed by atoms with Gasteiger partial charge in [-0.25, -0.2) is 0 Å². The van der Waals surface area contributed by atoms with Crippen LogP contribution in [-0.4, -0.2) is 77.1 Å². The van der Waals surface area contributed by atoms with Crippen molar-refractivity contribution in [3.63, 3.8) is 0 Å². The van der Waals surface area contributed by atoms with E-state index in [0.29, 0.717) is 0 Å². The van der Waals surface area contributed by atoms with Gasteiger partial charge < -0.3 is 0 Å². The van der Waals surface area contributed by atoms with Gasteiger partial charge in [0.25, 0.3) is 0 Å². The van der Waals surface area contributed by atoms with Crippen LogP contribution in [0.15, 0.2) is 0 Å². The predicted molar refractivity (Wildman–Crippen MR) is 84.9 cm³/mol. The van der Waals surface area contributed by atoms with Crippen molar-refractivity contribution in [1.82, 2.24) is 0 Å². The molecule has 12 radical (unpaired) electrons. The molecule has 0 aromatic heterocycles. The van der Waals surface area contributed by atoms with Crippen molar-refractivity contribution in [3.05, 3.63) is 0 Å². The van der Waals surface area contributed by atoms with Gasteiger partial charge in [-0.2, -0.15) is 0 Å². The molecule has 0 spiro atoms. The van der Waals surface area contributed by atoms with Crippen LogP contribution in [0, 0.1) is 0 Å². The maximum absolute atomic E-state index is 5.59. The van der Waals surface area contributed by atoms with E-state index in [2.05, 4.69) is 21.2 Å². The maximum atomic E-state index is 5.59. The third kappa shape index (κ3) is 6.06. The summed E-state index contributed by atoms with van der Waals surface area (Å²) in [6.07, 6.45) is -1.15. The van der Waals surface area contributed by atoms with Gasteiger partial charge in [0.2, 0.25) is 0 Å². The summed E-state index contributed by atoms with van der Waals surface area (Å²) in [7, 11) is 32.9. The van der Waals surface area contributed by atoms with E-state index in [0.717, 1.165) is 0 Å². The van der Waals surface area contributed by atoms with E-state index in [1.54, 1.807) is 12.1 Å². The molecule has 0 rings (SSSR count). The molecular weight excluding hydrogens is 278 g/mol. The third-order valence-electron chi connectivity index (χ3n) is 1.15. The van der Waals surface area contributed by atoms with Gasteiger partial charge in [-0.1, -0.05) is 0 Å². The molecule has 0 saturated heterocycles. The molecule has 0 amide bonds. The second kappa shape index (κ2) is 6.39. The van der Waals surface area contributed by atoms with Crippen molar-refractivity contribution in [2.45, 2.75) is 0 Å². The summed E-state index contributed by atoms with van der Waals surface area (Å²) in [6.45, 7) is 0. The third-order valence-corrected chi connectivity index (χ3v) is 6.97. The molecular formula is B11IS. The van der Waals surface area contributed by atoms with Crippen LogP contribution in [0.3, 0.4) is 0 Å². The van der Waals surface area contributed by atoms with Crippen molar-refractivity contribution in [2.75, 3.05) is 0 Å². The van der Waals surface area contributed by atoms with Crippen LogP contribution in [0.4, 0.5) is 0 Å². The average molecular weight is 278 g/mol. The number of hydrogen-bond acceptors (Lipinski definition) is 0. The van der Waals surface area contributed by atoms with Crippen LogP contribution < -0.4 is 0 Å². The fourth-order valence-corrected chi connectivity index (χ4v) is 4.16. The topological polar surface area (TPSA) is 0 Å². The SMILES string of the molecule is [B]B([B])B=S(I)(=BB([B])[B])B([B])[B]. The first kappa shape index (κ1) is 14.8. The molecule has 0 fully saturated rings. The zero-order valence-corrected chi connectivity index (χ0v) is 10.1. The zero-order valence-electron chi connectivity index (χ0n) is 7.14. The van der Waals surface area contributed by atoms with E-state index >= 15 is 0 Å². The molecule has 0 atom stereocenters. The van der Waals surface area contributed by atoms with Crippen LogP contribution >= 0.6 is 27.1 Å². The number of halogens is 1. The second-order valence-electron chi connectivity index (χ2n) is 2.57. The Bertz CT molecular complexity index is 233. The quantitative estimate of drug-likeness (QED) is 0.391. The van der Waals surface area contributed by atoms with Gasteiger partial charge in [0, 0.05) is 0 Å². The van der Waals surface area contributed by atoms with Crippen LogP contribution in [0.2, 0.25) is 0 Å². The van der Waals surface area contributed by atoms with Gasteiger partial charge in [-0.15, -0.1) is 0 Å². The molecule has 0 heterocycles. The van der Waals surface area contributed by atoms with Gasteiger partial charge in [0.15, 0.2) is 0 Å². The van der Waals surface area contributed by atoms with Gasteiger partial charge in [0.1, 0.15) is 0 Å². The van der Waals surface area contributed by atoms with Crippen molar-refractivity contribution >= 4 is 104 Å². The summed E-state index contributed by atoms with van der Waals surface area (Å²) in [5.41, 5.74) is 0. The molecule has 0 aliphatic carbocycles. The molecule has 0 bridgehead atoms. The van der Waals surface area contributed by atoms with E-state index in [-0.39, 0.29) is 0 Å². The van der Waals surface area contributed by atoms with E-state index in [1.165, 1.54) is 0 Å². The molecule has 0 nitrogen and oxygen atoms in total. The van der Waals surface area contributed by atoms with Crippen molar-refractivity contribution in [2.24, 2.45) is 0 Å². The fraction of sp³-hybridized carbons (Fsp3) is 0. The molecule has 13 heteroatoms. The summed E-state index contributed by atoms with van der Waals surface area (Å²) >= 11 is 2.10. The van der Waals surface area contributed by atoms with Gasteiger partial charge >= 0.3 is 104 Å². The Balaban J connectivity index is 5.20. The summed E-state index contributed by atoms with van der Waals surface area (Å²) in [5.74, 6) is -2.14. The van der Waals surface area contributed by atoms with Crippen LogP contribution in [0.5, 0.6) is 0 Å². The predicted octanol–water partition coefficient (Wildman–Crippen LogP) is -2.65. The van der Waals surface area contributed by atoms with E-state index in [4.69, 9.17) is 46.4 Å².